The van der Waals surface area contributed by atoms with Crippen LogP contribution in [-0.2, 0) is 6.54 Å². The van der Waals surface area contributed by atoms with Crippen LogP contribution in [0.25, 0.3) is 17.0 Å². The molecule has 31 heavy (non-hydrogen) atoms. The topological polar surface area (TPSA) is 117 Å². The molecule has 0 fully saturated rings. The van der Waals surface area contributed by atoms with Gasteiger partial charge in [-0.05, 0) is 29.8 Å². The van der Waals surface area contributed by atoms with Crippen molar-refractivity contribution in [1.29, 1.82) is 0 Å². The zero-order valence-electron chi connectivity index (χ0n) is 16.8. The van der Waals surface area contributed by atoms with E-state index in [4.69, 9.17) is 15.2 Å². The fourth-order valence-electron chi connectivity index (χ4n) is 3.18. The first-order valence-electron chi connectivity index (χ1n) is 9.26. The molecule has 0 spiro atoms. The predicted octanol–water partition coefficient (Wildman–Crippen LogP) is 2.68. The van der Waals surface area contributed by atoms with Gasteiger partial charge in [-0.25, -0.2) is 13.9 Å². The third-order valence-corrected chi connectivity index (χ3v) is 4.61. The molecule has 10 heteroatoms. The molecular weight excluding hydrogens is 403 g/mol. The van der Waals surface area contributed by atoms with Gasteiger partial charge >= 0.3 is 6.01 Å². The summed E-state index contributed by atoms with van der Waals surface area (Å²) in [5.41, 5.74) is 7.39. The number of hydrogen-bond acceptors (Lipinski definition) is 7. The van der Waals surface area contributed by atoms with E-state index in [0.717, 1.165) is 5.56 Å². The average molecular weight is 422 g/mol. The molecular formula is C21H19FN6O3. The van der Waals surface area contributed by atoms with E-state index in [1.54, 1.807) is 34.9 Å². The number of carbonyl (C=O) groups is 1. The van der Waals surface area contributed by atoms with Gasteiger partial charge in [0.05, 0.1) is 31.5 Å². The van der Waals surface area contributed by atoms with E-state index in [0.29, 0.717) is 29.1 Å². The summed E-state index contributed by atoms with van der Waals surface area (Å²) in [6.07, 6.45) is 1.50. The van der Waals surface area contributed by atoms with Gasteiger partial charge in [0.1, 0.15) is 11.3 Å². The number of ether oxygens (including phenoxy) is 2. The maximum absolute atomic E-state index is 13.5. The summed E-state index contributed by atoms with van der Waals surface area (Å²) in [7, 11) is 2.95. The van der Waals surface area contributed by atoms with Crippen molar-refractivity contribution in [3.63, 3.8) is 0 Å². The third kappa shape index (κ3) is 3.82. The highest BCUT2D eigenvalue weighted by atomic mass is 19.1. The SMILES string of the molecule is COc1cnc(-n2c(OC)nc3c(C(N)=O)cccc32)nc1NCc1cccc(F)c1. The maximum Gasteiger partial charge on any atom is 0.304 e. The van der Waals surface area contributed by atoms with Gasteiger partial charge in [0.25, 0.3) is 5.91 Å². The molecule has 0 radical (unpaired) electrons. The molecule has 0 saturated heterocycles. The Hall–Kier alpha value is -4.21. The molecule has 158 valence electrons. The number of nitrogens with zero attached hydrogens (tertiary/aromatic N) is 4. The van der Waals surface area contributed by atoms with Gasteiger partial charge in [0, 0.05) is 6.54 Å². The van der Waals surface area contributed by atoms with Crippen LogP contribution in [0.4, 0.5) is 10.2 Å². The second kappa shape index (κ2) is 8.27. The molecule has 2 aromatic heterocycles. The minimum Gasteiger partial charge on any atom is -0.491 e. The Bertz CT molecular complexity index is 1270. The number of amides is 1. The Morgan fingerprint density at radius 1 is 1.16 bits per heavy atom. The Morgan fingerprint density at radius 2 is 1.97 bits per heavy atom. The first-order chi connectivity index (χ1) is 15.0. The van der Waals surface area contributed by atoms with Gasteiger partial charge in [-0.2, -0.15) is 9.97 Å². The average Bonchev–Trinajstić information content (AvgIpc) is 3.16. The van der Waals surface area contributed by atoms with Crippen LogP contribution in [-0.4, -0.2) is 39.6 Å². The highest BCUT2D eigenvalue weighted by Crippen LogP contribution is 2.29. The fourth-order valence-corrected chi connectivity index (χ4v) is 3.18. The van der Waals surface area contributed by atoms with Gasteiger partial charge in [-0.3, -0.25) is 4.79 Å². The van der Waals surface area contributed by atoms with Crippen molar-refractivity contribution in [3.8, 4) is 17.7 Å². The lowest BCUT2D eigenvalue weighted by atomic mass is 10.2. The number of anilines is 1. The van der Waals surface area contributed by atoms with Crippen molar-refractivity contribution < 1.29 is 18.7 Å². The largest absolute Gasteiger partial charge is 0.491 e. The minimum atomic E-state index is -0.606. The lowest BCUT2D eigenvalue weighted by Gasteiger charge is -2.13. The second-order valence-electron chi connectivity index (χ2n) is 6.54. The van der Waals surface area contributed by atoms with E-state index in [2.05, 4.69) is 20.3 Å². The van der Waals surface area contributed by atoms with E-state index in [9.17, 15) is 9.18 Å². The number of halogens is 1. The smallest absolute Gasteiger partial charge is 0.304 e. The van der Waals surface area contributed by atoms with Crippen molar-refractivity contribution >= 4 is 22.8 Å². The number of primary amides is 1. The highest BCUT2D eigenvalue weighted by molar-refractivity contribution is 6.04. The molecule has 0 aliphatic carbocycles. The summed E-state index contributed by atoms with van der Waals surface area (Å²) in [5, 5.41) is 3.13. The zero-order chi connectivity index (χ0) is 22.0. The first-order valence-corrected chi connectivity index (χ1v) is 9.26. The van der Waals surface area contributed by atoms with Gasteiger partial charge < -0.3 is 20.5 Å². The van der Waals surface area contributed by atoms with Gasteiger partial charge in [0.2, 0.25) is 5.95 Å². The molecule has 0 saturated carbocycles. The Morgan fingerprint density at radius 3 is 2.68 bits per heavy atom. The number of nitrogens with one attached hydrogen (secondary N) is 1. The summed E-state index contributed by atoms with van der Waals surface area (Å²) in [4.78, 5) is 25.0. The lowest BCUT2D eigenvalue weighted by Crippen LogP contribution is -2.11. The minimum absolute atomic E-state index is 0.185. The summed E-state index contributed by atoms with van der Waals surface area (Å²) >= 11 is 0. The van der Waals surface area contributed by atoms with Crippen molar-refractivity contribution in [2.45, 2.75) is 6.54 Å². The molecule has 2 heterocycles. The quantitative estimate of drug-likeness (QED) is 0.470. The van der Waals surface area contributed by atoms with Crippen molar-refractivity contribution in [2.24, 2.45) is 5.73 Å². The number of hydrogen-bond donors (Lipinski definition) is 2. The number of benzene rings is 2. The molecule has 4 rings (SSSR count). The van der Waals surface area contributed by atoms with Crippen LogP contribution in [0.3, 0.4) is 0 Å². The maximum atomic E-state index is 13.5. The predicted molar refractivity (Wildman–Crippen MR) is 112 cm³/mol. The fraction of sp³-hybridized carbons (Fsp3) is 0.143. The van der Waals surface area contributed by atoms with E-state index >= 15 is 0 Å². The van der Waals surface area contributed by atoms with E-state index in [1.165, 1.54) is 32.5 Å². The van der Waals surface area contributed by atoms with Crippen LogP contribution in [0, 0.1) is 5.82 Å². The third-order valence-electron chi connectivity index (χ3n) is 4.61. The summed E-state index contributed by atoms with van der Waals surface area (Å²) in [6, 6.07) is 11.4. The van der Waals surface area contributed by atoms with Crippen molar-refractivity contribution in [2.75, 3.05) is 19.5 Å². The zero-order valence-corrected chi connectivity index (χ0v) is 16.8. The van der Waals surface area contributed by atoms with Crippen LogP contribution >= 0.6 is 0 Å². The van der Waals surface area contributed by atoms with E-state index < -0.39 is 5.91 Å². The summed E-state index contributed by atoms with van der Waals surface area (Å²) < 4.78 is 25.8. The van der Waals surface area contributed by atoms with Crippen LogP contribution in [0.2, 0.25) is 0 Å². The number of carbonyl (C=O) groups excluding carboxylic acids is 1. The number of para-hydroxylation sites is 1. The Kier molecular flexibility index (Phi) is 5.35. The normalized spacial score (nSPS) is 10.8. The molecule has 2 aromatic carbocycles. The number of fused-ring (bicyclic) bond motifs is 1. The van der Waals surface area contributed by atoms with Crippen molar-refractivity contribution in [1.82, 2.24) is 19.5 Å². The molecule has 4 aromatic rings. The molecule has 0 aliphatic heterocycles. The molecule has 9 nitrogen and oxygen atoms in total. The van der Waals surface area contributed by atoms with Crippen LogP contribution in [0.15, 0.2) is 48.7 Å². The summed E-state index contributed by atoms with van der Waals surface area (Å²) in [5.74, 6) is 0.108. The van der Waals surface area contributed by atoms with Crippen LogP contribution in [0.5, 0.6) is 11.8 Å². The van der Waals surface area contributed by atoms with Gasteiger partial charge in [0.15, 0.2) is 11.6 Å². The number of nitrogens with two attached hydrogens (primary N) is 1. The molecule has 3 N–H and O–H groups in total. The molecule has 0 unspecified atom stereocenters. The van der Waals surface area contributed by atoms with Crippen LogP contribution < -0.4 is 20.5 Å². The van der Waals surface area contributed by atoms with Crippen LogP contribution in [0.1, 0.15) is 15.9 Å². The van der Waals surface area contributed by atoms with Gasteiger partial charge in [-0.1, -0.05) is 18.2 Å². The number of imidazole rings is 1. The number of methoxy groups -OCH3 is 2. The highest BCUT2D eigenvalue weighted by Gasteiger charge is 2.20. The first kappa shape index (κ1) is 20.1. The molecule has 1 amide bonds. The monoisotopic (exact) mass is 422 g/mol. The Labute approximate surface area is 176 Å². The number of aromatic nitrogens is 4. The van der Waals surface area contributed by atoms with E-state index in [-0.39, 0.29) is 23.3 Å². The Balaban J connectivity index is 1.78. The van der Waals surface area contributed by atoms with E-state index in [1.807, 2.05) is 0 Å². The number of rotatable bonds is 7. The lowest BCUT2D eigenvalue weighted by molar-refractivity contribution is 0.100. The molecule has 0 aliphatic rings. The summed E-state index contributed by atoms with van der Waals surface area (Å²) in [6.45, 7) is 0.318. The molecule has 0 bridgehead atoms. The molecule has 0 atom stereocenters. The standard InChI is InChI=1S/C21H19FN6O3/c1-30-16-11-25-20(27-19(16)24-10-12-5-3-6-13(22)9-12)28-15-8-4-7-14(18(23)29)17(15)26-21(28)31-2/h3-9,11H,10H2,1-2H3,(H2,23,29)(H,24,25,27). The second-order valence-corrected chi connectivity index (χ2v) is 6.54. The van der Waals surface area contributed by atoms with Gasteiger partial charge in [-0.15, -0.1) is 0 Å². The van der Waals surface area contributed by atoms with Crippen molar-refractivity contribution in [3.05, 3.63) is 65.6 Å².